The van der Waals surface area contributed by atoms with Crippen molar-refractivity contribution in [3.05, 3.63) is 34.4 Å². The van der Waals surface area contributed by atoms with Crippen LogP contribution in [0.25, 0.3) is 0 Å². The van der Waals surface area contributed by atoms with Crippen LogP contribution in [0, 0.1) is 13.8 Å². The summed E-state index contributed by atoms with van der Waals surface area (Å²) >= 11 is 1.16. The zero-order valence-corrected chi connectivity index (χ0v) is 12.3. The number of sulfonamides is 1. The van der Waals surface area contributed by atoms with Crippen molar-refractivity contribution in [3.63, 3.8) is 0 Å². The highest BCUT2D eigenvalue weighted by atomic mass is 32.2. The van der Waals surface area contributed by atoms with Gasteiger partial charge in [-0.2, -0.15) is 0 Å². The number of rotatable bonds is 5. The molecule has 0 radical (unpaired) electrons. The van der Waals surface area contributed by atoms with E-state index in [1.54, 1.807) is 19.1 Å². The number of oxazole rings is 1. The van der Waals surface area contributed by atoms with E-state index in [0.717, 1.165) is 21.9 Å². The number of hydrogen-bond acceptors (Lipinski definition) is 6. The number of nitrogens with two attached hydrogens (primary N) is 1. The van der Waals surface area contributed by atoms with Gasteiger partial charge in [0, 0.05) is 11.4 Å². The van der Waals surface area contributed by atoms with E-state index in [1.165, 1.54) is 0 Å². The molecule has 0 unspecified atom stereocenters. The van der Waals surface area contributed by atoms with Crippen LogP contribution in [0.15, 0.2) is 20.8 Å². The summed E-state index contributed by atoms with van der Waals surface area (Å²) in [6.07, 6.45) is 0. The predicted molar refractivity (Wildman–Crippen MR) is 72.2 cm³/mol. The summed E-state index contributed by atoms with van der Waals surface area (Å²) in [5.41, 5.74) is 6.22. The third-order valence-electron chi connectivity index (χ3n) is 2.59. The van der Waals surface area contributed by atoms with Crippen LogP contribution in [-0.4, -0.2) is 13.4 Å². The van der Waals surface area contributed by atoms with E-state index in [4.69, 9.17) is 10.2 Å². The maximum Gasteiger partial charge on any atom is 0.250 e. The molecular formula is C11H15N3O3S2. The maximum absolute atomic E-state index is 12.0. The molecule has 3 N–H and O–H groups in total. The van der Waals surface area contributed by atoms with E-state index >= 15 is 0 Å². The van der Waals surface area contributed by atoms with Crippen molar-refractivity contribution in [1.82, 2.24) is 9.71 Å². The summed E-state index contributed by atoms with van der Waals surface area (Å²) in [5, 5.41) is 0. The van der Waals surface area contributed by atoms with E-state index in [-0.39, 0.29) is 10.8 Å². The van der Waals surface area contributed by atoms with Crippen molar-refractivity contribution in [2.24, 2.45) is 5.73 Å². The summed E-state index contributed by atoms with van der Waals surface area (Å²) < 4.78 is 32.0. The van der Waals surface area contributed by atoms with E-state index < -0.39 is 10.0 Å². The number of hydrogen-bond donors (Lipinski definition) is 2. The minimum Gasteiger partial charge on any atom is -0.444 e. The minimum absolute atomic E-state index is 0.0346. The quantitative estimate of drug-likeness (QED) is 0.867. The van der Waals surface area contributed by atoms with Crippen molar-refractivity contribution >= 4 is 21.4 Å². The van der Waals surface area contributed by atoms with Crippen LogP contribution in [0.5, 0.6) is 0 Å². The van der Waals surface area contributed by atoms with E-state index in [9.17, 15) is 8.42 Å². The molecule has 104 valence electrons. The van der Waals surface area contributed by atoms with Crippen LogP contribution in [0.3, 0.4) is 0 Å². The molecule has 0 spiro atoms. The van der Waals surface area contributed by atoms with Gasteiger partial charge in [-0.15, -0.1) is 11.3 Å². The average molecular weight is 301 g/mol. The van der Waals surface area contributed by atoms with Gasteiger partial charge in [0.15, 0.2) is 0 Å². The molecule has 2 rings (SSSR count). The number of thiophene rings is 1. The van der Waals surface area contributed by atoms with Crippen LogP contribution >= 0.6 is 11.3 Å². The summed E-state index contributed by atoms with van der Waals surface area (Å²) in [4.78, 5) is 4.94. The number of aromatic nitrogens is 1. The van der Waals surface area contributed by atoms with Crippen LogP contribution in [-0.2, 0) is 23.1 Å². The molecule has 2 aromatic rings. The Kier molecular flexibility index (Phi) is 4.04. The Morgan fingerprint density at radius 2 is 2.16 bits per heavy atom. The lowest BCUT2D eigenvalue weighted by atomic mass is 10.4. The first-order chi connectivity index (χ1) is 8.92. The number of aryl methyl sites for hydroxylation is 2. The van der Waals surface area contributed by atoms with Crippen molar-refractivity contribution in [2.75, 3.05) is 0 Å². The Morgan fingerprint density at radius 1 is 1.42 bits per heavy atom. The number of nitrogens with zero attached hydrogens (tertiary/aromatic N) is 1. The second-order valence-electron chi connectivity index (χ2n) is 4.00. The molecule has 19 heavy (non-hydrogen) atoms. The van der Waals surface area contributed by atoms with Gasteiger partial charge >= 0.3 is 0 Å². The molecule has 6 nitrogen and oxygen atoms in total. The third kappa shape index (κ3) is 3.21. The first kappa shape index (κ1) is 14.2. The van der Waals surface area contributed by atoms with Crippen molar-refractivity contribution in [3.8, 4) is 0 Å². The molecule has 0 saturated heterocycles. The largest absolute Gasteiger partial charge is 0.444 e. The van der Waals surface area contributed by atoms with Gasteiger partial charge in [-0.05, 0) is 26.0 Å². The molecule has 0 amide bonds. The van der Waals surface area contributed by atoms with E-state index in [2.05, 4.69) is 9.71 Å². The second kappa shape index (κ2) is 5.41. The van der Waals surface area contributed by atoms with Gasteiger partial charge < -0.3 is 10.2 Å². The lowest BCUT2D eigenvalue weighted by Gasteiger charge is -2.01. The van der Waals surface area contributed by atoms with Gasteiger partial charge in [-0.1, -0.05) is 0 Å². The van der Waals surface area contributed by atoms with Crippen LogP contribution in [0.4, 0.5) is 0 Å². The second-order valence-corrected chi connectivity index (χ2v) is 7.16. The Hall–Kier alpha value is -1.22. The highest BCUT2D eigenvalue weighted by molar-refractivity contribution is 7.91. The smallest absolute Gasteiger partial charge is 0.250 e. The summed E-state index contributed by atoms with van der Waals surface area (Å²) in [6.45, 7) is 3.96. The highest BCUT2D eigenvalue weighted by Gasteiger charge is 2.17. The summed E-state index contributed by atoms with van der Waals surface area (Å²) in [7, 11) is -3.54. The molecule has 8 heteroatoms. The minimum atomic E-state index is -3.54. The fourth-order valence-electron chi connectivity index (χ4n) is 1.46. The number of nitrogens with one attached hydrogen (secondary N) is 1. The monoisotopic (exact) mass is 301 g/mol. The first-order valence-electron chi connectivity index (χ1n) is 5.63. The molecule has 0 aliphatic rings. The maximum atomic E-state index is 12.0. The van der Waals surface area contributed by atoms with Gasteiger partial charge in [-0.25, -0.2) is 18.1 Å². The van der Waals surface area contributed by atoms with Crippen LogP contribution in [0.2, 0.25) is 0 Å². The molecule has 2 heterocycles. The van der Waals surface area contributed by atoms with Gasteiger partial charge in [-0.3, -0.25) is 0 Å². The van der Waals surface area contributed by atoms with Gasteiger partial charge in [0.25, 0.3) is 10.0 Å². The fourth-order valence-corrected chi connectivity index (χ4v) is 3.71. The Balaban J connectivity index is 2.09. The fraction of sp³-hybridized carbons (Fsp3) is 0.364. The Labute approximate surface area is 115 Å². The topological polar surface area (TPSA) is 98.2 Å². The average Bonchev–Trinajstić information content (AvgIpc) is 2.95. The highest BCUT2D eigenvalue weighted by Crippen LogP contribution is 2.21. The third-order valence-corrected chi connectivity index (χ3v) is 5.59. The molecule has 0 aliphatic heterocycles. The molecule has 0 aromatic carbocycles. The Bertz CT molecular complexity index is 654. The lowest BCUT2D eigenvalue weighted by molar-refractivity contribution is 0.463. The zero-order chi connectivity index (χ0) is 14.0. The summed E-state index contributed by atoms with van der Waals surface area (Å²) in [5.74, 6) is 1.05. The molecule has 0 saturated carbocycles. The standard InChI is InChI=1S/C11H15N3O3S2/c1-7-8(2)17-10(14-7)6-13-19(15,16)11-4-3-9(5-12)18-11/h3-4,13H,5-6,12H2,1-2H3. The molecular weight excluding hydrogens is 286 g/mol. The molecule has 2 aromatic heterocycles. The Morgan fingerprint density at radius 3 is 2.68 bits per heavy atom. The molecule has 0 aliphatic carbocycles. The normalized spacial score (nSPS) is 11.9. The molecule has 0 fully saturated rings. The SMILES string of the molecule is Cc1nc(CNS(=O)(=O)c2ccc(CN)s2)oc1C. The van der Waals surface area contributed by atoms with Crippen molar-refractivity contribution < 1.29 is 12.8 Å². The zero-order valence-electron chi connectivity index (χ0n) is 10.6. The van der Waals surface area contributed by atoms with Gasteiger partial charge in [0.2, 0.25) is 5.89 Å². The van der Waals surface area contributed by atoms with Crippen LogP contribution in [0.1, 0.15) is 22.2 Å². The summed E-state index contributed by atoms with van der Waals surface area (Å²) in [6, 6.07) is 3.25. The van der Waals surface area contributed by atoms with Gasteiger partial charge in [0.05, 0.1) is 12.2 Å². The molecule has 0 atom stereocenters. The van der Waals surface area contributed by atoms with Crippen molar-refractivity contribution in [1.29, 1.82) is 0 Å². The van der Waals surface area contributed by atoms with Gasteiger partial charge in [0.1, 0.15) is 9.97 Å². The molecule has 0 bridgehead atoms. The predicted octanol–water partition coefficient (Wildman–Crippen LogP) is 1.29. The van der Waals surface area contributed by atoms with Crippen LogP contribution < -0.4 is 10.5 Å². The van der Waals surface area contributed by atoms with E-state index in [1.807, 2.05) is 6.92 Å². The van der Waals surface area contributed by atoms with Crippen molar-refractivity contribution in [2.45, 2.75) is 31.1 Å². The lowest BCUT2D eigenvalue weighted by Crippen LogP contribution is -2.22. The van der Waals surface area contributed by atoms with E-state index in [0.29, 0.717) is 18.2 Å². The first-order valence-corrected chi connectivity index (χ1v) is 7.93.